The molecule has 0 radical (unpaired) electrons. The van der Waals surface area contributed by atoms with E-state index in [-0.39, 0.29) is 0 Å². The van der Waals surface area contributed by atoms with Crippen LogP contribution in [0.15, 0.2) is 97.1 Å². The van der Waals surface area contributed by atoms with Gasteiger partial charge in [-0.2, -0.15) is 0 Å². The first-order chi connectivity index (χ1) is 18.2. The first-order valence-electron chi connectivity index (χ1n) is 12.9. The second-order valence-corrected chi connectivity index (χ2v) is 12.5. The number of carboxylic acids is 1. The molecule has 1 heterocycles. The fourth-order valence-corrected chi connectivity index (χ4v) is 8.89. The normalized spacial score (nSPS) is 16.1. The zero-order valence-electron chi connectivity index (χ0n) is 20.4. The standard InChI is InChI=1S/C33H26O3Si/c34-33(35)22-9-7-21(8-10-22)28-14-13-27-18-26-12-11-25-17-23-5-1-2-6-24(23)19-29(25)30(26)20-31(27)32(28)37-16-4-3-15-36-37/h1-2,5-14,17-20,37H,3-4,15-16H2,(H,34,35). The minimum absolute atomic E-state index is 0.307. The highest BCUT2D eigenvalue weighted by Gasteiger charge is 2.25. The molecule has 37 heavy (non-hydrogen) atoms. The van der Waals surface area contributed by atoms with E-state index in [1.54, 1.807) is 12.1 Å². The number of carboxylic acid groups (broad SMARTS) is 1. The van der Waals surface area contributed by atoms with Gasteiger partial charge in [-0.15, -0.1) is 0 Å². The highest BCUT2D eigenvalue weighted by atomic mass is 28.3. The van der Waals surface area contributed by atoms with Crippen LogP contribution in [0.3, 0.4) is 0 Å². The molecule has 6 aromatic carbocycles. The molecule has 0 spiro atoms. The Morgan fingerprint density at radius 2 is 1.32 bits per heavy atom. The van der Waals surface area contributed by atoms with Crippen LogP contribution in [-0.2, 0) is 4.43 Å². The Labute approximate surface area is 216 Å². The predicted octanol–water partition coefficient (Wildman–Crippen LogP) is 7.41. The van der Waals surface area contributed by atoms with Gasteiger partial charge in [0.1, 0.15) is 0 Å². The first-order valence-corrected chi connectivity index (χ1v) is 14.8. The molecule has 7 rings (SSSR count). The maximum Gasteiger partial charge on any atom is 0.335 e. The molecule has 3 nitrogen and oxygen atoms in total. The molecule has 180 valence electrons. The summed E-state index contributed by atoms with van der Waals surface area (Å²) < 4.78 is 6.50. The largest absolute Gasteiger partial charge is 0.478 e. The number of rotatable bonds is 3. The van der Waals surface area contributed by atoms with E-state index in [1.807, 2.05) is 12.1 Å². The fraction of sp³-hybridized carbons (Fsp3) is 0.121. The third-order valence-corrected chi connectivity index (χ3v) is 10.7. The fourth-order valence-electron chi connectivity index (χ4n) is 5.95. The summed E-state index contributed by atoms with van der Waals surface area (Å²) in [5.41, 5.74) is 2.53. The number of benzene rings is 6. The zero-order valence-corrected chi connectivity index (χ0v) is 21.6. The molecule has 1 N–H and O–H groups in total. The van der Waals surface area contributed by atoms with Crippen LogP contribution in [0.1, 0.15) is 23.2 Å². The molecule has 0 bridgehead atoms. The van der Waals surface area contributed by atoms with Crippen molar-refractivity contribution in [3.05, 3.63) is 103 Å². The molecule has 0 saturated carbocycles. The summed E-state index contributed by atoms with van der Waals surface area (Å²) in [5, 5.41) is 20.8. The molecule has 1 atom stereocenters. The molecular formula is C33H26O3Si. The van der Waals surface area contributed by atoms with Crippen molar-refractivity contribution in [2.45, 2.75) is 18.9 Å². The molecule has 6 aromatic rings. The average molecular weight is 499 g/mol. The van der Waals surface area contributed by atoms with Crippen molar-refractivity contribution in [3.8, 4) is 11.1 Å². The average Bonchev–Trinajstić information content (AvgIpc) is 2.95. The van der Waals surface area contributed by atoms with Crippen molar-refractivity contribution >= 4 is 63.3 Å². The van der Waals surface area contributed by atoms with Crippen molar-refractivity contribution in [2.75, 3.05) is 6.61 Å². The highest BCUT2D eigenvalue weighted by molar-refractivity contribution is 6.72. The number of aromatic carboxylic acids is 1. The van der Waals surface area contributed by atoms with Crippen LogP contribution in [-0.4, -0.2) is 26.7 Å². The lowest BCUT2D eigenvalue weighted by atomic mass is 9.94. The van der Waals surface area contributed by atoms with Crippen LogP contribution in [0.2, 0.25) is 6.04 Å². The van der Waals surface area contributed by atoms with E-state index >= 15 is 0 Å². The number of hydrogen-bond donors (Lipinski definition) is 1. The van der Waals surface area contributed by atoms with E-state index < -0.39 is 15.0 Å². The predicted molar refractivity (Wildman–Crippen MR) is 156 cm³/mol. The number of carbonyl (C=O) groups is 1. The topological polar surface area (TPSA) is 46.5 Å². The monoisotopic (exact) mass is 498 g/mol. The maximum absolute atomic E-state index is 11.4. The Morgan fingerprint density at radius 3 is 2.03 bits per heavy atom. The summed E-state index contributed by atoms with van der Waals surface area (Å²) in [6.07, 6.45) is 2.32. The van der Waals surface area contributed by atoms with Crippen molar-refractivity contribution in [3.63, 3.8) is 0 Å². The Kier molecular flexibility index (Phi) is 5.31. The lowest BCUT2D eigenvalue weighted by Gasteiger charge is -2.26. The lowest BCUT2D eigenvalue weighted by Crippen LogP contribution is -2.38. The SMILES string of the molecule is O=C(O)c1ccc(-c2ccc3cc4ccc5cc6ccccc6cc5c4cc3c2[SiH]2CCCCO2)cc1. The maximum atomic E-state index is 11.4. The molecule has 0 aliphatic carbocycles. The summed E-state index contributed by atoms with van der Waals surface area (Å²) in [6, 6.07) is 35.1. The summed E-state index contributed by atoms with van der Waals surface area (Å²) in [5.74, 6) is -0.902. The van der Waals surface area contributed by atoms with E-state index in [0.717, 1.165) is 24.6 Å². The van der Waals surface area contributed by atoms with Gasteiger partial charge in [0.25, 0.3) is 0 Å². The van der Waals surface area contributed by atoms with E-state index in [9.17, 15) is 9.90 Å². The van der Waals surface area contributed by atoms with E-state index in [4.69, 9.17) is 4.43 Å². The van der Waals surface area contributed by atoms with Crippen LogP contribution in [0.5, 0.6) is 0 Å². The van der Waals surface area contributed by atoms with Gasteiger partial charge in [-0.25, -0.2) is 4.79 Å². The van der Waals surface area contributed by atoms with Gasteiger partial charge >= 0.3 is 5.97 Å². The third-order valence-electron chi connectivity index (χ3n) is 7.83. The van der Waals surface area contributed by atoms with E-state index in [2.05, 4.69) is 72.8 Å². The number of hydrogen-bond acceptors (Lipinski definition) is 2. The quantitative estimate of drug-likeness (QED) is 0.157. The minimum Gasteiger partial charge on any atom is -0.478 e. The smallest absolute Gasteiger partial charge is 0.335 e. The lowest BCUT2D eigenvalue weighted by molar-refractivity contribution is 0.0697. The Bertz CT molecular complexity index is 1830. The van der Waals surface area contributed by atoms with Crippen LogP contribution in [0, 0.1) is 0 Å². The van der Waals surface area contributed by atoms with E-state index in [0.29, 0.717) is 5.56 Å². The summed E-state index contributed by atoms with van der Waals surface area (Å²) in [6.45, 7) is 0.827. The van der Waals surface area contributed by atoms with Gasteiger partial charge in [0.15, 0.2) is 0 Å². The minimum atomic E-state index is -1.68. The van der Waals surface area contributed by atoms with Crippen LogP contribution < -0.4 is 5.19 Å². The summed E-state index contributed by atoms with van der Waals surface area (Å²) in [7, 11) is -1.68. The summed E-state index contributed by atoms with van der Waals surface area (Å²) in [4.78, 5) is 11.4. The van der Waals surface area contributed by atoms with Gasteiger partial charge in [0, 0.05) is 6.61 Å². The Morgan fingerprint density at radius 1 is 0.676 bits per heavy atom. The second kappa shape index (κ2) is 8.84. The van der Waals surface area contributed by atoms with Gasteiger partial charge in [-0.3, -0.25) is 0 Å². The molecule has 0 amide bonds. The highest BCUT2D eigenvalue weighted by Crippen LogP contribution is 2.34. The van der Waals surface area contributed by atoms with Crippen molar-refractivity contribution in [1.82, 2.24) is 0 Å². The zero-order chi connectivity index (χ0) is 24.9. The van der Waals surface area contributed by atoms with Crippen LogP contribution in [0.25, 0.3) is 54.2 Å². The van der Waals surface area contributed by atoms with Gasteiger partial charge in [-0.05, 0) is 108 Å². The van der Waals surface area contributed by atoms with Gasteiger partial charge < -0.3 is 9.53 Å². The third kappa shape index (κ3) is 3.81. The molecule has 1 saturated heterocycles. The van der Waals surface area contributed by atoms with Crippen molar-refractivity contribution in [1.29, 1.82) is 0 Å². The van der Waals surface area contributed by atoms with Crippen molar-refractivity contribution < 1.29 is 14.3 Å². The Balaban J connectivity index is 1.52. The number of fused-ring (bicyclic) bond motifs is 5. The van der Waals surface area contributed by atoms with E-state index in [1.165, 1.54) is 60.3 Å². The van der Waals surface area contributed by atoms with Gasteiger partial charge in [0.05, 0.1) is 5.56 Å². The molecule has 4 heteroatoms. The molecule has 1 fully saturated rings. The van der Waals surface area contributed by atoms with Gasteiger partial charge in [0.2, 0.25) is 9.04 Å². The molecule has 1 unspecified atom stereocenters. The Hall–Kier alpha value is -3.99. The molecule has 1 aliphatic rings. The van der Waals surface area contributed by atoms with Crippen LogP contribution in [0.4, 0.5) is 0 Å². The van der Waals surface area contributed by atoms with Gasteiger partial charge in [-0.1, -0.05) is 67.1 Å². The molecule has 1 aliphatic heterocycles. The van der Waals surface area contributed by atoms with Crippen molar-refractivity contribution in [2.24, 2.45) is 0 Å². The first kappa shape index (κ1) is 22.2. The second-order valence-electron chi connectivity index (χ2n) is 10.0. The molecular weight excluding hydrogens is 472 g/mol. The summed E-state index contributed by atoms with van der Waals surface area (Å²) >= 11 is 0. The van der Waals surface area contributed by atoms with Crippen LogP contribution >= 0.6 is 0 Å². The molecule has 0 aromatic heterocycles.